The number of aliphatic hydroxyl groups is 1. The monoisotopic (exact) mass is 515 g/mol. The number of sulfonamides is 1. The summed E-state index contributed by atoms with van der Waals surface area (Å²) in [6.45, 7) is 3.74. The first-order valence-electron chi connectivity index (χ1n) is 12.0. The van der Waals surface area contributed by atoms with Crippen LogP contribution in [0.2, 0.25) is 5.02 Å². The van der Waals surface area contributed by atoms with Crippen molar-refractivity contribution in [2.24, 2.45) is 0 Å². The summed E-state index contributed by atoms with van der Waals surface area (Å²) in [4.78, 5) is 14.9. The third-order valence-electron chi connectivity index (χ3n) is 6.72. The van der Waals surface area contributed by atoms with Crippen LogP contribution in [-0.2, 0) is 24.3 Å². The maximum absolute atomic E-state index is 13.5. The van der Waals surface area contributed by atoms with Crippen LogP contribution in [-0.4, -0.2) is 98.9 Å². The van der Waals surface area contributed by atoms with Crippen LogP contribution in [0.1, 0.15) is 32.1 Å². The van der Waals surface area contributed by atoms with Gasteiger partial charge in [-0.1, -0.05) is 11.6 Å². The molecule has 34 heavy (non-hydrogen) atoms. The van der Waals surface area contributed by atoms with Crippen molar-refractivity contribution in [2.45, 2.75) is 61.4 Å². The molecule has 0 spiro atoms. The number of rotatable bonds is 7. The van der Waals surface area contributed by atoms with Crippen LogP contribution in [0.25, 0.3) is 0 Å². The molecule has 1 aromatic carbocycles. The van der Waals surface area contributed by atoms with E-state index in [1.807, 2.05) is 0 Å². The number of nitrogens with one attached hydrogen (secondary N) is 1. The largest absolute Gasteiger partial charge is 0.389 e. The standard InChI is InChI=1S/C23H34ClN3O6S/c24-17-3-6-20(7-4-17)34(30,31)27-14-18(28)15-32-16-22-21(27)8-5-19(33-22)13-23(29)25-9-12-26-10-1-2-11-26/h3-4,6-7,18-19,21-22,28H,1-2,5,8-16H2,(H,25,29)/t18-,19-,21-,22+/m0/s1. The summed E-state index contributed by atoms with van der Waals surface area (Å²) in [5.74, 6) is -0.0597. The molecule has 4 atom stereocenters. The summed E-state index contributed by atoms with van der Waals surface area (Å²) < 4.78 is 40.0. The molecule has 3 aliphatic rings. The number of nitrogens with zero attached hydrogens (tertiary/aromatic N) is 2. The number of aliphatic hydroxyl groups excluding tert-OH is 1. The third-order valence-corrected chi connectivity index (χ3v) is 8.87. The number of amides is 1. The summed E-state index contributed by atoms with van der Waals surface area (Å²) >= 11 is 5.93. The molecular formula is C23H34ClN3O6S. The first-order valence-corrected chi connectivity index (χ1v) is 13.8. The molecule has 9 nitrogen and oxygen atoms in total. The van der Waals surface area contributed by atoms with E-state index in [9.17, 15) is 18.3 Å². The molecule has 4 rings (SSSR count). The van der Waals surface area contributed by atoms with Gasteiger partial charge >= 0.3 is 0 Å². The number of likely N-dealkylation sites (tertiary alicyclic amines) is 1. The Balaban J connectivity index is 1.38. The minimum Gasteiger partial charge on any atom is -0.389 e. The lowest BCUT2D eigenvalue weighted by Crippen LogP contribution is -2.57. The van der Waals surface area contributed by atoms with E-state index < -0.39 is 28.3 Å². The molecule has 2 N–H and O–H groups in total. The number of ether oxygens (including phenoxy) is 2. The second-order valence-electron chi connectivity index (χ2n) is 9.26. The van der Waals surface area contributed by atoms with Crippen molar-refractivity contribution in [1.29, 1.82) is 0 Å². The van der Waals surface area contributed by atoms with Crippen molar-refractivity contribution in [3.05, 3.63) is 29.3 Å². The fourth-order valence-corrected chi connectivity index (χ4v) is 6.79. The van der Waals surface area contributed by atoms with Gasteiger partial charge in [0.15, 0.2) is 0 Å². The van der Waals surface area contributed by atoms with Crippen LogP contribution < -0.4 is 5.32 Å². The Morgan fingerprint density at radius 1 is 1.15 bits per heavy atom. The normalized spacial score (nSPS) is 29.2. The number of carbonyl (C=O) groups excluding carboxylic acids is 1. The topological polar surface area (TPSA) is 108 Å². The van der Waals surface area contributed by atoms with Crippen LogP contribution in [0.3, 0.4) is 0 Å². The van der Waals surface area contributed by atoms with Crippen molar-refractivity contribution in [3.8, 4) is 0 Å². The second-order valence-corrected chi connectivity index (χ2v) is 11.6. The quantitative estimate of drug-likeness (QED) is 0.562. The zero-order valence-electron chi connectivity index (χ0n) is 19.3. The van der Waals surface area contributed by atoms with E-state index in [1.165, 1.54) is 41.4 Å². The number of β-amino-alcohol motifs (C(OH)–C–C–N with tert-alkyl or cyclic N) is 1. The third kappa shape index (κ3) is 6.48. The molecule has 3 fully saturated rings. The zero-order valence-corrected chi connectivity index (χ0v) is 20.8. The SMILES string of the molecule is O=C(C[C@@H]1CC[C@H]2[C@@H](COC[C@@H](O)CN2S(=O)(=O)c2ccc(Cl)cc2)O1)NCCN1CCCC1. The fourth-order valence-electron chi connectivity index (χ4n) is 4.95. The zero-order chi connectivity index (χ0) is 24.1. The molecule has 0 aromatic heterocycles. The van der Waals surface area contributed by atoms with Crippen molar-refractivity contribution < 1.29 is 27.8 Å². The molecule has 3 aliphatic heterocycles. The predicted octanol–water partition coefficient (Wildman–Crippen LogP) is 1.24. The number of benzene rings is 1. The highest BCUT2D eigenvalue weighted by atomic mass is 35.5. The van der Waals surface area contributed by atoms with Gasteiger partial charge in [-0.05, 0) is 63.0 Å². The highest BCUT2D eigenvalue weighted by Gasteiger charge is 2.43. The van der Waals surface area contributed by atoms with Crippen LogP contribution in [0.4, 0.5) is 0 Å². The van der Waals surface area contributed by atoms with Gasteiger partial charge in [0.05, 0.1) is 48.9 Å². The van der Waals surface area contributed by atoms with Crippen molar-refractivity contribution in [1.82, 2.24) is 14.5 Å². The maximum Gasteiger partial charge on any atom is 0.243 e. The molecule has 0 unspecified atom stereocenters. The molecule has 11 heteroatoms. The van der Waals surface area contributed by atoms with E-state index in [4.69, 9.17) is 21.1 Å². The van der Waals surface area contributed by atoms with E-state index in [2.05, 4.69) is 10.2 Å². The molecule has 0 radical (unpaired) electrons. The number of hydrogen-bond donors (Lipinski definition) is 2. The Morgan fingerprint density at radius 3 is 2.62 bits per heavy atom. The molecular weight excluding hydrogens is 482 g/mol. The smallest absolute Gasteiger partial charge is 0.243 e. The van der Waals surface area contributed by atoms with E-state index in [0.717, 1.165) is 19.6 Å². The number of halogens is 1. The summed E-state index contributed by atoms with van der Waals surface area (Å²) in [5, 5.41) is 13.7. The number of carbonyl (C=O) groups is 1. The van der Waals surface area contributed by atoms with Gasteiger partial charge in [0.25, 0.3) is 0 Å². The molecule has 3 heterocycles. The van der Waals surface area contributed by atoms with Gasteiger partial charge in [-0.2, -0.15) is 4.31 Å². The fraction of sp³-hybridized carbons (Fsp3) is 0.696. The van der Waals surface area contributed by atoms with Gasteiger partial charge in [-0.25, -0.2) is 8.42 Å². The minimum absolute atomic E-state index is 0.0148. The van der Waals surface area contributed by atoms with E-state index in [-0.39, 0.29) is 43.1 Å². The lowest BCUT2D eigenvalue weighted by molar-refractivity contribution is -0.146. The molecule has 1 aromatic rings. The van der Waals surface area contributed by atoms with Crippen LogP contribution in [0, 0.1) is 0 Å². The summed E-state index contributed by atoms with van der Waals surface area (Å²) in [7, 11) is -3.89. The molecule has 0 bridgehead atoms. The van der Waals surface area contributed by atoms with Gasteiger partial charge in [-0.15, -0.1) is 0 Å². The molecule has 190 valence electrons. The summed E-state index contributed by atoms with van der Waals surface area (Å²) in [6.07, 6.45) is 1.96. The first kappa shape index (κ1) is 25.8. The van der Waals surface area contributed by atoms with Gasteiger partial charge < -0.3 is 24.8 Å². The summed E-state index contributed by atoms with van der Waals surface area (Å²) in [5.41, 5.74) is 0. The minimum atomic E-state index is -3.89. The number of hydrogen-bond acceptors (Lipinski definition) is 7. The Morgan fingerprint density at radius 2 is 1.88 bits per heavy atom. The van der Waals surface area contributed by atoms with Crippen LogP contribution in [0.5, 0.6) is 0 Å². The van der Waals surface area contributed by atoms with Crippen LogP contribution in [0.15, 0.2) is 29.2 Å². The lowest BCUT2D eigenvalue weighted by Gasteiger charge is -2.43. The Bertz CT molecular complexity index is 925. The average molecular weight is 516 g/mol. The van der Waals surface area contributed by atoms with Gasteiger partial charge in [0.2, 0.25) is 15.9 Å². The van der Waals surface area contributed by atoms with E-state index in [1.54, 1.807) is 0 Å². The van der Waals surface area contributed by atoms with Crippen LogP contribution >= 0.6 is 11.6 Å². The Labute approximate surface area is 206 Å². The molecule has 1 amide bonds. The van der Waals surface area contributed by atoms with Gasteiger partial charge in [0, 0.05) is 24.7 Å². The van der Waals surface area contributed by atoms with E-state index in [0.29, 0.717) is 24.4 Å². The summed E-state index contributed by atoms with van der Waals surface area (Å²) in [6, 6.07) is 5.50. The number of fused-ring (bicyclic) bond motifs is 1. The molecule has 0 aliphatic carbocycles. The predicted molar refractivity (Wildman–Crippen MR) is 127 cm³/mol. The maximum atomic E-state index is 13.5. The highest BCUT2D eigenvalue weighted by Crippen LogP contribution is 2.31. The average Bonchev–Trinajstić information content (AvgIpc) is 3.30. The van der Waals surface area contributed by atoms with Crippen molar-refractivity contribution in [3.63, 3.8) is 0 Å². The lowest BCUT2D eigenvalue weighted by atomic mass is 9.96. The molecule has 0 saturated carbocycles. The highest BCUT2D eigenvalue weighted by molar-refractivity contribution is 7.89. The van der Waals surface area contributed by atoms with Crippen molar-refractivity contribution in [2.75, 3.05) is 45.9 Å². The van der Waals surface area contributed by atoms with E-state index >= 15 is 0 Å². The van der Waals surface area contributed by atoms with Crippen molar-refractivity contribution >= 4 is 27.5 Å². The first-order chi connectivity index (χ1) is 16.3. The van der Waals surface area contributed by atoms with Gasteiger partial charge in [-0.3, -0.25) is 4.79 Å². The van der Waals surface area contributed by atoms with Gasteiger partial charge in [0.1, 0.15) is 0 Å². The second kappa shape index (κ2) is 11.6. The Hall–Kier alpha value is -1.27. The Kier molecular flexibility index (Phi) is 8.84. The molecule has 3 saturated heterocycles.